The Morgan fingerprint density at radius 1 is 1.30 bits per heavy atom. The Morgan fingerprint density at radius 3 is 2.40 bits per heavy atom. The van der Waals surface area contributed by atoms with Crippen molar-refractivity contribution in [3.05, 3.63) is 29.6 Å². The molecule has 0 spiro atoms. The zero-order valence-electron chi connectivity index (χ0n) is 12.5. The highest BCUT2D eigenvalue weighted by atomic mass is 32.2. The maximum Gasteiger partial charge on any atom is 0.243 e. The summed E-state index contributed by atoms with van der Waals surface area (Å²) in [5.74, 6) is -0.400. The highest BCUT2D eigenvalue weighted by molar-refractivity contribution is 7.89. The van der Waals surface area contributed by atoms with Crippen molar-refractivity contribution in [2.75, 3.05) is 14.1 Å². The molecule has 114 valence electrons. The molecule has 0 aliphatic heterocycles. The van der Waals surface area contributed by atoms with Gasteiger partial charge in [0.05, 0.1) is 4.90 Å². The Hall–Kier alpha value is -0.980. The van der Waals surface area contributed by atoms with E-state index < -0.39 is 15.8 Å². The minimum Gasteiger partial charge on any atom is -0.316 e. The van der Waals surface area contributed by atoms with Crippen molar-refractivity contribution < 1.29 is 12.8 Å². The smallest absolute Gasteiger partial charge is 0.243 e. The lowest BCUT2D eigenvalue weighted by Gasteiger charge is -2.25. The molecule has 20 heavy (non-hydrogen) atoms. The average molecular weight is 302 g/mol. The molecule has 0 bridgehead atoms. The molecule has 0 aromatic heterocycles. The van der Waals surface area contributed by atoms with Crippen molar-refractivity contribution in [3.63, 3.8) is 0 Å². The molecule has 1 aromatic rings. The van der Waals surface area contributed by atoms with Crippen molar-refractivity contribution in [2.45, 2.75) is 44.2 Å². The van der Waals surface area contributed by atoms with E-state index >= 15 is 0 Å². The van der Waals surface area contributed by atoms with Crippen LogP contribution >= 0.6 is 0 Å². The van der Waals surface area contributed by atoms with Crippen LogP contribution in [-0.4, -0.2) is 32.9 Å². The van der Waals surface area contributed by atoms with Gasteiger partial charge in [0, 0.05) is 25.2 Å². The summed E-state index contributed by atoms with van der Waals surface area (Å²) in [5.41, 5.74) is 0.353. The minimum atomic E-state index is -3.58. The second-order valence-electron chi connectivity index (χ2n) is 4.78. The van der Waals surface area contributed by atoms with Crippen LogP contribution in [0.15, 0.2) is 23.1 Å². The number of nitrogens with one attached hydrogen (secondary N) is 1. The summed E-state index contributed by atoms with van der Waals surface area (Å²) in [6.07, 6.45) is 1.49. The lowest BCUT2D eigenvalue weighted by Crippen LogP contribution is -2.36. The Kier molecular flexibility index (Phi) is 6.10. The fourth-order valence-electron chi connectivity index (χ4n) is 2.20. The van der Waals surface area contributed by atoms with Gasteiger partial charge in [-0.15, -0.1) is 0 Å². The number of rotatable bonds is 7. The van der Waals surface area contributed by atoms with Gasteiger partial charge in [0.25, 0.3) is 0 Å². The maximum atomic E-state index is 13.6. The van der Waals surface area contributed by atoms with Crippen LogP contribution in [0.3, 0.4) is 0 Å². The van der Waals surface area contributed by atoms with E-state index in [-0.39, 0.29) is 10.9 Å². The van der Waals surface area contributed by atoms with Gasteiger partial charge < -0.3 is 5.32 Å². The SMILES string of the molecule is CCC(CC)N(C)S(=O)(=O)c1ccc(F)c(CNC)c1. The molecule has 0 amide bonds. The van der Waals surface area contributed by atoms with E-state index in [1.807, 2.05) is 13.8 Å². The fourth-order valence-corrected chi connectivity index (χ4v) is 3.76. The molecule has 1 aromatic carbocycles. The summed E-state index contributed by atoms with van der Waals surface area (Å²) in [6.45, 7) is 4.21. The third-order valence-electron chi connectivity index (χ3n) is 3.52. The second-order valence-corrected chi connectivity index (χ2v) is 6.77. The van der Waals surface area contributed by atoms with Crippen molar-refractivity contribution in [3.8, 4) is 0 Å². The third-order valence-corrected chi connectivity index (χ3v) is 5.42. The lowest BCUT2D eigenvalue weighted by molar-refractivity contribution is 0.349. The molecule has 0 radical (unpaired) electrons. The first-order valence-electron chi connectivity index (χ1n) is 6.79. The topological polar surface area (TPSA) is 49.4 Å². The minimum absolute atomic E-state index is 0.0437. The maximum absolute atomic E-state index is 13.6. The van der Waals surface area contributed by atoms with Gasteiger partial charge in [-0.05, 0) is 38.1 Å². The summed E-state index contributed by atoms with van der Waals surface area (Å²) in [5, 5.41) is 2.83. The molecule has 0 saturated carbocycles. The molecule has 0 saturated heterocycles. The number of nitrogens with zero attached hydrogens (tertiary/aromatic N) is 1. The van der Waals surface area contributed by atoms with Crippen LogP contribution in [-0.2, 0) is 16.6 Å². The van der Waals surface area contributed by atoms with Crippen molar-refractivity contribution in [2.24, 2.45) is 0 Å². The Balaban J connectivity index is 3.18. The quantitative estimate of drug-likeness (QED) is 0.841. The van der Waals surface area contributed by atoms with Gasteiger partial charge in [0.1, 0.15) is 5.82 Å². The Labute approximate surface area is 121 Å². The number of sulfonamides is 1. The largest absolute Gasteiger partial charge is 0.316 e. The average Bonchev–Trinajstić information content (AvgIpc) is 2.42. The van der Waals surface area contributed by atoms with E-state index in [4.69, 9.17) is 0 Å². The fraction of sp³-hybridized carbons (Fsp3) is 0.571. The third kappa shape index (κ3) is 3.56. The number of halogens is 1. The van der Waals surface area contributed by atoms with Gasteiger partial charge in [-0.3, -0.25) is 0 Å². The van der Waals surface area contributed by atoms with E-state index in [2.05, 4.69) is 5.32 Å². The molecule has 1 N–H and O–H groups in total. The summed E-state index contributed by atoms with van der Waals surface area (Å²) in [7, 11) is -0.312. The van der Waals surface area contributed by atoms with E-state index in [0.29, 0.717) is 12.1 Å². The lowest BCUT2D eigenvalue weighted by atomic mass is 10.2. The van der Waals surface area contributed by atoms with Crippen LogP contribution in [0.25, 0.3) is 0 Å². The van der Waals surface area contributed by atoms with Gasteiger partial charge in [0.15, 0.2) is 0 Å². The van der Waals surface area contributed by atoms with Crippen LogP contribution in [0.2, 0.25) is 0 Å². The van der Waals surface area contributed by atoms with Crippen LogP contribution in [0.4, 0.5) is 4.39 Å². The summed E-state index contributed by atoms with van der Waals surface area (Å²) >= 11 is 0. The molecule has 1 rings (SSSR count). The molecular weight excluding hydrogens is 279 g/mol. The Morgan fingerprint density at radius 2 is 1.90 bits per heavy atom. The molecule has 0 heterocycles. The second kappa shape index (κ2) is 7.15. The van der Waals surface area contributed by atoms with Gasteiger partial charge in [0.2, 0.25) is 10.0 Å². The van der Waals surface area contributed by atoms with Crippen LogP contribution in [0, 0.1) is 5.82 Å². The predicted octanol–water partition coefficient (Wildman–Crippen LogP) is 2.35. The number of hydrogen-bond donors (Lipinski definition) is 1. The number of benzene rings is 1. The van der Waals surface area contributed by atoms with Crippen LogP contribution in [0.5, 0.6) is 0 Å². The summed E-state index contributed by atoms with van der Waals surface area (Å²) in [4.78, 5) is 0.138. The molecular formula is C14H23FN2O2S. The van der Waals surface area contributed by atoms with Crippen LogP contribution in [0.1, 0.15) is 32.3 Å². The molecule has 6 heteroatoms. The molecule has 0 aliphatic rings. The van der Waals surface area contributed by atoms with Gasteiger partial charge >= 0.3 is 0 Å². The Bertz CT molecular complexity index is 542. The van der Waals surface area contributed by atoms with Crippen molar-refractivity contribution in [1.29, 1.82) is 0 Å². The monoisotopic (exact) mass is 302 g/mol. The first-order chi connectivity index (χ1) is 9.38. The summed E-state index contributed by atoms with van der Waals surface area (Å²) in [6, 6.07) is 3.89. The van der Waals surface area contributed by atoms with E-state index in [1.165, 1.54) is 22.5 Å². The highest BCUT2D eigenvalue weighted by Crippen LogP contribution is 2.21. The van der Waals surface area contributed by atoms with Gasteiger partial charge in [-0.2, -0.15) is 4.31 Å². The summed E-state index contributed by atoms with van der Waals surface area (Å²) < 4.78 is 40.1. The van der Waals surface area contributed by atoms with E-state index in [0.717, 1.165) is 12.8 Å². The zero-order valence-corrected chi connectivity index (χ0v) is 13.3. The molecule has 0 fully saturated rings. The molecule has 0 atom stereocenters. The molecule has 0 aliphatic carbocycles. The van der Waals surface area contributed by atoms with Gasteiger partial charge in [-0.25, -0.2) is 12.8 Å². The normalized spacial score (nSPS) is 12.3. The zero-order chi connectivity index (χ0) is 15.3. The molecule has 0 unspecified atom stereocenters. The van der Waals surface area contributed by atoms with Crippen molar-refractivity contribution in [1.82, 2.24) is 9.62 Å². The van der Waals surface area contributed by atoms with Crippen molar-refractivity contribution >= 4 is 10.0 Å². The first-order valence-corrected chi connectivity index (χ1v) is 8.23. The first kappa shape index (κ1) is 17.1. The van der Waals surface area contributed by atoms with E-state index in [9.17, 15) is 12.8 Å². The van der Waals surface area contributed by atoms with E-state index in [1.54, 1.807) is 14.1 Å². The number of hydrogen-bond acceptors (Lipinski definition) is 3. The van der Waals surface area contributed by atoms with Crippen LogP contribution < -0.4 is 5.32 Å². The standard InChI is InChI=1S/C14H23FN2O2S/c1-5-12(6-2)17(4)20(18,19)13-7-8-14(15)11(9-13)10-16-3/h7-9,12,16H,5-6,10H2,1-4H3. The van der Waals surface area contributed by atoms with Gasteiger partial charge in [-0.1, -0.05) is 13.8 Å². The highest BCUT2D eigenvalue weighted by Gasteiger charge is 2.26. The predicted molar refractivity (Wildman–Crippen MR) is 78.5 cm³/mol. The molecule has 4 nitrogen and oxygen atoms in total.